The third-order valence-corrected chi connectivity index (χ3v) is 2.39. The standard InChI is InChI=1S/C13H17N3O3/c1-8(2)10-4-6-11(7-5-10)14-12(18)13(19)16-15-9(3)17/h4-8H,1-3H3,(H,14,18)(H,15,17)(H,16,19). The van der Waals surface area contributed by atoms with E-state index in [2.05, 4.69) is 19.2 Å². The quantitative estimate of drug-likeness (QED) is 0.547. The summed E-state index contributed by atoms with van der Waals surface area (Å²) in [5, 5.41) is 2.43. The van der Waals surface area contributed by atoms with E-state index in [1.807, 2.05) is 23.0 Å². The number of nitrogens with one attached hydrogen (secondary N) is 3. The van der Waals surface area contributed by atoms with Gasteiger partial charge in [-0.05, 0) is 23.6 Å². The van der Waals surface area contributed by atoms with Crippen molar-refractivity contribution in [3.05, 3.63) is 29.8 Å². The summed E-state index contributed by atoms with van der Waals surface area (Å²) in [6, 6.07) is 7.20. The maximum absolute atomic E-state index is 11.5. The highest BCUT2D eigenvalue weighted by Gasteiger charge is 2.13. The fourth-order valence-electron chi connectivity index (χ4n) is 1.34. The molecule has 6 nitrogen and oxygen atoms in total. The first-order chi connectivity index (χ1) is 8.90. The van der Waals surface area contributed by atoms with Crippen molar-refractivity contribution in [2.45, 2.75) is 26.7 Å². The van der Waals surface area contributed by atoms with Gasteiger partial charge in [-0.1, -0.05) is 26.0 Å². The molecule has 6 heteroatoms. The molecular formula is C13H17N3O3. The molecule has 0 bridgehead atoms. The third kappa shape index (κ3) is 4.79. The van der Waals surface area contributed by atoms with Gasteiger partial charge in [-0.15, -0.1) is 0 Å². The van der Waals surface area contributed by atoms with Gasteiger partial charge < -0.3 is 5.32 Å². The van der Waals surface area contributed by atoms with Crippen molar-refractivity contribution in [2.24, 2.45) is 0 Å². The molecule has 19 heavy (non-hydrogen) atoms. The summed E-state index contributed by atoms with van der Waals surface area (Å²) in [7, 11) is 0. The number of hydrogen-bond acceptors (Lipinski definition) is 3. The second-order valence-corrected chi connectivity index (χ2v) is 4.37. The normalized spacial score (nSPS) is 9.89. The minimum absolute atomic E-state index is 0.396. The molecule has 0 aliphatic heterocycles. The summed E-state index contributed by atoms with van der Waals surface area (Å²) < 4.78 is 0. The zero-order chi connectivity index (χ0) is 14.4. The van der Waals surface area contributed by atoms with E-state index in [0.29, 0.717) is 11.6 Å². The van der Waals surface area contributed by atoms with E-state index in [1.165, 1.54) is 6.92 Å². The summed E-state index contributed by atoms with van der Waals surface area (Å²) in [5.74, 6) is -1.83. The zero-order valence-electron chi connectivity index (χ0n) is 11.1. The first-order valence-corrected chi connectivity index (χ1v) is 5.88. The maximum atomic E-state index is 11.5. The number of anilines is 1. The minimum atomic E-state index is -0.928. The lowest BCUT2D eigenvalue weighted by Gasteiger charge is -2.08. The molecule has 0 heterocycles. The molecule has 0 saturated heterocycles. The Hall–Kier alpha value is -2.37. The van der Waals surface area contributed by atoms with Crippen molar-refractivity contribution in [2.75, 3.05) is 5.32 Å². The molecule has 0 aromatic heterocycles. The molecule has 0 spiro atoms. The van der Waals surface area contributed by atoms with Gasteiger partial charge in [0.25, 0.3) is 0 Å². The van der Waals surface area contributed by atoms with Crippen molar-refractivity contribution in [3.63, 3.8) is 0 Å². The van der Waals surface area contributed by atoms with Crippen molar-refractivity contribution in [1.82, 2.24) is 10.9 Å². The molecule has 0 saturated carbocycles. The monoisotopic (exact) mass is 263 g/mol. The number of benzene rings is 1. The third-order valence-electron chi connectivity index (χ3n) is 2.39. The fraction of sp³-hybridized carbons (Fsp3) is 0.308. The first kappa shape index (κ1) is 14.7. The highest BCUT2D eigenvalue weighted by Crippen LogP contribution is 2.16. The highest BCUT2D eigenvalue weighted by atomic mass is 16.2. The Morgan fingerprint density at radius 3 is 2.00 bits per heavy atom. The van der Waals surface area contributed by atoms with Crippen LogP contribution in [0, 0.1) is 0 Å². The largest absolute Gasteiger partial charge is 0.328 e. The Labute approximate surface area is 111 Å². The average molecular weight is 263 g/mol. The summed E-state index contributed by atoms with van der Waals surface area (Å²) in [6.45, 7) is 5.35. The van der Waals surface area contributed by atoms with Crippen LogP contribution in [0.3, 0.4) is 0 Å². The van der Waals surface area contributed by atoms with E-state index in [0.717, 1.165) is 5.56 Å². The molecule has 0 atom stereocenters. The van der Waals surface area contributed by atoms with Gasteiger partial charge in [0, 0.05) is 12.6 Å². The molecule has 1 aromatic rings. The highest BCUT2D eigenvalue weighted by molar-refractivity contribution is 6.39. The minimum Gasteiger partial charge on any atom is -0.318 e. The molecule has 0 unspecified atom stereocenters. The molecule has 3 amide bonds. The average Bonchev–Trinajstić information content (AvgIpc) is 2.36. The predicted molar refractivity (Wildman–Crippen MR) is 71.1 cm³/mol. The topological polar surface area (TPSA) is 87.3 Å². The van der Waals surface area contributed by atoms with Gasteiger partial charge >= 0.3 is 11.8 Å². The summed E-state index contributed by atoms with van der Waals surface area (Å²) in [5.41, 5.74) is 5.68. The number of carbonyl (C=O) groups is 3. The van der Waals surface area contributed by atoms with Crippen LogP contribution >= 0.6 is 0 Å². The summed E-state index contributed by atoms with van der Waals surface area (Å²) in [4.78, 5) is 33.3. The van der Waals surface area contributed by atoms with Crippen LogP contribution in [-0.4, -0.2) is 17.7 Å². The van der Waals surface area contributed by atoms with Gasteiger partial charge in [-0.25, -0.2) is 0 Å². The molecule has 0 radical (unpaired) electrons. The number of rotatable bonds is 2. The van der Waals surface area contributed by atoms with E-state index in [1.54, 1.807) is 12.1 Å². The zero-order valence-corrected chi connectivity index (χ0v) is 11.1. The molecule has 102 valence electrons. The predicted octanol–water partition coefficient (Wildman–Crippen LogP) is 0.916. The lowest BCUT2D eigenvalue weighted by atomic mass is 10.0. The first-order valence-electron chi connectivity index (χ1n) is 5.88. The van der Waals surface area contributed by atoms with Gasteiger partial charge in [0.15, 0.2) is 0 Å². The van der Waals surface area contributed by atoms with Crippen molar-refractivity contribution in [3.8, 4) is 0 Å². The van der Waals surface area contributed by atoms with Gasteiger partial charge in [-0.3, -0.25) is 25.2 Å². The van der Waals surface area contributed by atoms with Crippen LogP contribution in [0.1, 0.15) is 32.3 Å². The van der Waals surface area contributed by atoms with Crippen LogP contribution < -0.4 is 16.2 Å². The van der Waals surface area contributed by atoms with E-state index in [-0.39, 0.29) is 0 Å². The molecule has 0 aliphatic carbocycles. The van der Waals surface area contributed by atoms with Gasteiger partial charge in [0.2, 0.25) is 5.91 Å². The molecule has 3 N–H and O–H groups in total. The number of amides is 3. The second-order valence-electron chi connectivity index (χ2n) is 4.37. The maximum Gasteiger partial charge on any atom is 0.328 e. The lowest BCUT2D eigenvalue weighted by molar-refractivity contribution is -0.138. The van der Waals surface area contributed by atoms with Crippen molar-refractivity contribution >= 4 is 23.4 Å². The lowest BCUT2D eigenvalue weighted by Crippen LogP contribution is -2.45. The van der Waals surface area contributed by atoms with Gasteiger partial charge in [0.1, 0.15) is 0 Å². The smallest absolute Gasteiger partial charge is 0.318 e. The molecule has 0 aliphatic rings. The van der Waals surface area contributed by atoms with E-state index < -0.39 is 17.7 Å². The van der Waals surface area contributed by atoms with Crippen LogP contribution in [0.15, 0.2) is 24.3 Å². The van der Waals surface area contributed by atoms with Crippen molar-refractivity contribution < 1.29 is 14.4 Å². The Balaban J connectivity index is 2.56. The molecular weight excluding hydrogens is 246 g/mol. The fourth-order valence-corrected chi connectivity index (χ4v) is 1.34. The Morgan fingerprint density at radius 2 is 1.53 bits per heavy atom. The van der Waals surface area contributed by atoms with Crippen LogP contribution in [0.25, 0.3) is 0 Å². The van der Waals surface area contributed by atoms with E-state index >= 15 is 0 Å². The van der Waals surface area contributed by atoms with Crippen molar-refractivity contribution in [1.29, 1.82) is 0 Å². The van der Waals surface area contributed by atoms with Gasteiger partial charge in [-0.2, -0.15) is 0 Å². The van der Waals surface area contributed by atoms with Crippen LogP contribution in [-0.2, 0) is 14.4 Å². The Kier molecular flexibility index (Phi) is 5.05. The molecule has 0 fully saturated rings. The van der Waals surface area contributed by atoms with E-state index in [4.69, 9.17) is 0 Å². The van der Waals surface area contributed by atoms with Gasteiger partial charge in [0.05, 0.1) is 0 Å². The second kappa shape index (κ2) is 6.53. The number of hydrogen-bond donors (Lipinski definition) is 3. The number of carbonyl (C=O) groups excluding carboxylic acids is 3. The molecule has 1 aromatic carbocycles. The Morgan fingerprint density at radius 1 is 0.947 bits per heavy atom. The number of hydrazine groups is 1. The molecule has 1 rings (SSSR count). The SMILES string of the molecule is CC(=O)NNC(=O)C(=O)Nc1ccc(C(C)C)cc1. The van der Waals surface area contributed by atoms with Crippen LogP contribution in [0.2, 0.25) is 0 Å². The van der Waals surface area contributed by atoms with Crippen LogP contribution in [0.5, 0.6) is 0 Å². The van der Waals surface area contributed by atoms with Crippen LogP contribution in [0.4, 0.5) is 5.69 Å². The Bertz CT molecular complexity index is 480. The summed E-state index contributed by atoms with van der Waals surface area (Å²) >= 11 is 0. The van der Waals surface area contributed by atoms with E-state index in [9.17, 15) is 14.4 Å². The summed E-state index contributed by atoms with van der Waals surface area (Å²) in [6.07, 6.45) is 0.